The summed E-state index contributed by atoms with van der Waals surface area (Å²) in [5, 5.41) is 0.911. The standard InChI is InChI=1S/C10H8O2S2/c1-12-8-3-2-6(5-11)7-4-9(13)14-10(7)8/h2-5,13H,1H3. The Balaban J connectivity index is 2.83. The number of fused-ring (bicyclic) bond motifs is 1. The summed E-state index contributed by atoms with van der Waals surface area (Å²) in [6, 6.07) is 5.44. The molecule has 1 heterocycles. The maximum atomic E-state index is 10.8. The van der Waals surface area contributed by atoms with Gasteiger partial charge in [-0.05, 0) is 18.2 Å². The SMILES string of the molecule is COc1ccc(C=O)c2cc(S)sc12. The second kappa shape index (κ2) is 3.63. The second-order valence-corrected chi connectivity index (χ2v) is 4.64. The Morgan fingerprint density at radius 1 is 1.50 bits per heavy atom. The summed E-state index contributed by atoms with van der Waals surface area (Å²) in [6.07, 6.45) is 0.849. The highest BCUT2D eigenvalue weighted by Gasteiger charge is 2.08. The van der Waals surface area contributed by atoms with E-state index in [0.29, 0.717) is 5.56 Å². The maximum Gasteiger partial charge on any atom is 0.150 e. The Kier molecular flexibility index (Phi) is 2.48. The third-order valence-corrected chi connectivity index (χ3v) is 3.37. The highest BCUT2D eigenvalue weighted by atomic mass is 32.2. The van der Waals surface area contributed by atoms with Crippen LogP contribution in [0.1, 0.15) is 10.4 Å². The van der Waals surface area contributed by atoms with Crippen molar-refractivity contribution in [3.63, 3.8) is 0 Å². The molecular weight excluding hydrogens is 216 g/mol. The van der Waals surface area contributed by atoms with Gasteiger partial charge in [-0.2, -0.15) is 0 Å². The molecular formula is C10H8O2S2. The number of rotatable bonds is 2. The largest absolute Gasteiger partial charge is 0.495 e. The van der Waals surface area contributed by atoms with E-state index in [9.17, 15) is 4.79 Å². The van der Waals surface area contributed by atoms with Gasteiger partial charge in [-0.15, -0.1) is 24.0 Å². The van der Waals surface area contributed by atoms with Crippen molar-refractivity contribution in [2.45, 2.75) is 4.21 Å². The highest BCUT2D eigenvalue weighted by Crippen LogP contribution is 2.36. The van der Waals surface area contributed by atoms with Gasteiger partial charge in [-0.1, -0.05) is 0 Å². The molecule has 72 valence electrons. The first-order valence-electron chi connectivity index (χ1n) is 4.01. The summed E-state index contributed by atoms with van der Waals surface area (Å²) in [4.78, 5) is 10.8. The molecule has 4 heteroatoms. The van der Waals surface area contributed by atoms with Gasteiger partial charge in [0.25, 0.3) is 0 Å². The average molecular weight is 224 g/mol. The van der Waals surface area contributed by atoms with Crippen molar-refractivity contribution in [2.24, 2.45) is 0 Å². The fourth-order valence-corrected chi connectivity index (χ4v) is 2.70. The van der Waals surface area contributed by atoms with Crippen molar-refractivity contribution in [2.75, 3.05) is 7.11 Å². The molecule has 2 rings (SSSR count). The lowest BCUT2D eigenvalue weighted by molar-refractivity contribution is 0.112. The Bertz CT molecular complexity index is 488. The van der Waals surface area contributed by atoms with E-state index in [1.807, 2.05) is 6.07 Å². The fraction of sp³-hybridized carbons (Fsp3) is 0.100. The minimum Gasteiger partial charge on any atom is -0.495 e. The predicted octanol–water partition coefficient (Wildman–Crippen LogP) is 3.01. The van der Waals surface area contributed by atoms with Crippen molar-refractivity contribution < 1.29 is 9.53 Å². The average Bonchev–Trinajstić information content (AvgIpc) is 2.57. The maximum absolute atomic E-state index is 10.8. The van der Waals surface area contributed by atoms with Crippen LogP contribution in [0.5, 0.6) is 5.75 Å². The molecule has 1 aromatic carbocycles. The minimum atomic E-state index is 0.678. The molecule has 2 nitrogen and oxygen atoms in total. The molecule has 2 aromatic rings. The van der Waals surface area contributed by atoms with E-state index in [1.165, 1.54) is 11.3 Å². The topological polar surface area (TPSA) is 26.3 Å². The van der Waals surface area contributed by atoms with Gasteiger partial charge in [-0.3, -0.25) is 4.79 Å². The zero-order chi connectivity index (χ0) is 10.1. The number of aldehydes is 1. The Hall–Kier alpha value is -1.000. The third kappa shape index (κ3) is 1.40. The van der Waals surface area contributed by atoms with Crippen molar-refractivity contribution in [3.05, 3.63) is 23.8 Å². The molecule has 0 unspecified atom stereocenters. The van der Waals surface area contributed by atoms with Gasteiger partial charge >= 0.3 is 0 Å². The summed E-state index contributed by atoms with van der Waals surface area (Å²) in [6.45, 7) is 0. The fourth-order valence-electron chi connectivity index (χ4n) is 1.37. The van der Waals surface area contributed by atoms with Crippen molar-refractivity contribution >= 4 is 40.3 Å². The summed E-state index contributed by atoms with van der Waals surface area (Å²) in [7, 11) is 1.62. The zero-order valence-electron chi connectivity index (χ0n) is 7.48. The normalized spacial score (nSPS) is 10.4. The molecule has 1 aromatic heterocycles. The molecule has 0 saturated heterocycles. The van der Waals surface area contributed by atoms with Crippen molar-refractivity contribution in [1.82, 2.24) is 0 Å². The first-order chi connectivity index (χ1) is 6.76. The summed E-state index contributed by atoms with van der Waals surface area (Å²) in [5.74, 6) is 0.788. The summed E-state index contributed by atoms with van der Waals surface area (Å²) >= 11 is 5.78. The van der Waals surface area contributed by atoms with Crippen molar-refractivity contribution in [3.8, 4) is 5.75 Å². The van der Waals surface area contributed by atoms with Crippen LogP contribution < -0.4 is 4.74 Å². The molecule has 0 aliphatic heterocycles. The first kappa shape index (κ1) is 9.55. The van der Waals surface area contributed by atoms with Crippen LogP contribution in [0.4, 0.5) is 0 Å². The number of carbonyl (C=O) groups is 1. The molecule has 14 heavy (non-hydrogen) atoms. The van der Waals surface area contributed by atoms with E-state index in [0.717, 1.165) is 26.3 Å². The Morgan fingerprint density at radius 3 is 2.93 bits per heavy atom. The van der Waals surface area contributed by atoms with Gasteiger partial charge < -0.3 is 4.74 Å². The number of carbonyl (C=O) groups excluding carboxylic acids is 1. The number of hydrogen-bond acceptors (Lipinski definition) is 4. The summed E-state index contributed by atoms with van der Waals surface area (Å²) in [5.41, 5.74) is 0.678. The van der Waals surface area contributed by atoms with Gasteiger partial charge in [-0.25, -0.2) is 0 Å². The molecule has 0 amide bonds. The van der Waals surface area contributed by atoms with Crippen LogP contribution in [0.2, 0.25) is 0 Å². The van der Waals surface area contributed by atoms with E-state index in [-0.39, 0.29) is 0 Å². The molecule has 0 fully saturated rings. The smallest absolute Gasteiger partial charge is 0.150 e. The van der Waals surface area contributed by atoms with Gasteiger partial charge in [0.2, 0.25) is 0 Å². The molecule has 0 bridgehead atoms. The van der Waals surface area contributed by atoms with Crippen LogP contribution in [0.15, 0.2) is 22.4 Å². The molecule has 0 saturated carbocycles. The summed E-state index contributed by atoms with van der Waals surface area (Å²) < 4.78 is 7.06. The van der Waals surface area contributed by atoms with Crippen LogP contribution in [0.25, 0.3) is 10.1 Å². The van der Waals surface area contributed by atoms with Gasteiger partial charge in [0, 0.05) is 10.9 Å². The molecule has 0 aliphatic carbocycles. The number of ether oxygens (including phenoxy) is 1. The van der Waals surface area contributed by atoms with Crippen LogP contribution >= 0.6 is 24.0 Å². The monoisotopic (exact) mass is 224 g/mol. The van der Waals surface area contributed by atoms with Crippen LogP contribution in [-0.2, 0) is 0 Å². The van der Waals surface area contributed by atoms with Crippen LogP contribution in [-0.4, -0.2) is 13.4 Å². The molecule has 0 radical (unpaired) electrons. The quantitative estimate of drug-likeness (QED) is 0.627. The van der Waals surface area contributed by atoms with Gasteiger partial charge in [0.15, 0.2) is 6.29 Å². The predicted molar refractivity (Wildman–Crippen MR) is 61.0 cm³/mol. The lowest BCUT2D eigenvalue weighted by Crippen LogP contribution is -1.85. The molecule has 0 N–H and O–H groups in total. The lowest BCUT2D eigenvalue weighted by atomic mass is 10.1. The van der Waals surface area contributed by atoms with E-state index in [4.69, 9.17) is 4.74 Å². The molecule has 0 aliphatic rings. The van der Waals surface area contributed by atoms with E-state index < -0.39 is 0 Å². The van der Waals surface area contributed by atoms with Crippen LogP contribution in [0, 0.1) is 0 Å². The number of methoxy groups -OCH3 is 1. The lowest BCUT2D eigenvalue weighted by Gasteiger charge is -2.01. The van der Waals surface area contributed by atoms with E-state index in [1.54, 1.807) is 19.2 Å². The Morgan fingerprint density at radius 2 is 2.29 bits per heavy atom. The van der Waals surface area contributed by atoms with E-state index >= 15 is 0 Å². The third-order valence-electron chi connectivity index (χ3n) is 2.02. The second-order valence-electron chi connectivity index (χ2n) is 2.80. The molecule has 0 spiro atoms. The van der Waals surface area contributed by atoms with Crippen LogP contribution in [0.3, 0.4) is 0 Å². The highest BCUT2D eigenvalue weighted by molar-refractivity contribution is 7.83. The van der Waals surface area contributed by atoms with Gasteiger partial charge in [0.1, 0.15) is 5.75 Å². The number of thiophene rings is 1. The zero-order valence-corrected chi connectivity index (χ0v) is 9.19. The Labute approximate surface area is 90.9 Å². The van der Waals surface area contributed by atoms with E-state index in [2.05, 4.69) is 12.6 Å². The molecule has 0 atom stereocenters. The number of hydrogen-bond donors (Lipinski definition) is 1. The van der Waals surface area contributed by atoms with Gasteiger partial charge in [0.05, 0.1) is 16.0 Å². The van der Waals surface area contributed by atoms with Crippen molar-refractivity contribution in [1.29, 1.82) is 0 Å². The first-order valence-corrected chi connectivity index (χ1v) is 5.27. The minimum absolute atomic E-state index is 0.678. The number of benzene rings is 1. The number of thiol groups is 1.